The Kier molecular flexibility index (Phi) is 5.47. The van der Waals surface area contributed by atoms with Crippen LogP contribution in [-0.4, -0.2) is 30.0 Å². The summed E-state index contributed by atoms with van der Waals surface area (Å²) in [5.74, 6) is 1.21. The summed E-state index contributed by atoms with van der Waals surface area (Å²) in [6, 6.07) is 0.386. The van der Waals surface area contributed by atoms with Gasteiger partial charge in [-0.2, -0.15) is 11.8 Å². The Morgan fingerprint density at radius 2 is 2.33 bits per heavy atom. The monoisotopic (exact) mass is 230 g/mol. The van der Waals surface area contributed by atoms with Crippen LogP contribution in [0.3, 0.4) is 0 Å². The second kappa shape index (κ2) is 6.38. The van der Waals surface area contributed by atoms with Gasteiger partial charge in [-0.3, -0.25) is 4.79 Å². The fourth-order valence-corrected chi connectivity index (χ4v) is 2.81. The molecule has 0 aromatic carbocycles. The summed E-state index contributed by atoms with van der Waals surface area (Å²) in [5, 5.41) is 3.10. The van der Waals surface area contributed by atoms with Crippen LogP contribution < -0.4 is 11.1 Å². The van der Waals surface area contributed by atoms with Crippen LogP contribution in [0.4, 0.5) is 0 Å². The minimum Gasteiger partial charge on any atom is -0.352 e. The highest BCUT2D eigenvalue weighted by Crippen LogP contribution is 2.24. The van der Waals surface area contributed by atoms with Crippen molar-refractivity contribution < 1.29 is 4.79 Å². The van der Waals surface area contributed by atoms with E-state index in [0.717, 1.165) is 31.4 Å². The first-order chi connectivity index (χ1) is 7.19. The molecule has 0 radical (unpaired) electrons. The van der Waals surface area contributed by atoms with E-state index in [1.165, 1.54) is 0 Å². The van der Waals surface area contributed by atoms with Crippen LogP contribution in [0.25, 0.3) is 0 Å². The molecule has 0 saturated heterocycles. The van der Waals surface area contributed by atoms with Crippen molar-refractivity contribution in [3.8, 4) is 0 Å². The van der Waals surface area contributed by atoms with Crippen molar-refractivity contribution in [2.24, 2.45) is 11.7 Å². The first-order valence-electron chi connectivity index (χ1n) is 5.74. The molecule has 0 heterocycles. The van der Waals surface area contributed by atoms with Gasteiger partial charge in [-0.1, -0.05) is 13.3 Å². The average molecular weight is 230 g/mol. The Labute approximate surface area is 96.6 Å². The van der Waals surface area contributed by atoms with Gasteiger partial charge in [0.2, 0.25) is 5.91 Å². The average Bonchev–Trinajstić information content (AvgIpc) is 2.63. The number of hydrogen-bond donors (Lipinski definition) is 2. The van der Waals surface area contributed by atoms with Crippen LogP contribution in [-0.2, 0) is 4.79 Å². The Hall–Kier alpha value is -0.220. The molecule has 1 saturated carbocycles. The van der Waals surface area contributed by atoms with Crippen molar-refractivity contribution in [1.29, 1.82) is 0 Å². The van der Waals surface area contributed by atoms with Crippen LogP contribution in [0.1, 0.15) is 32.6 Å². The Morgan fingerprint density at radius 3 is 2.80 bits per heavy atom. The lowest BCUT2D eigenvalue weighted by Gasteiger charge is -2.20. The normalized spacial score (nSPS) is 27.7. The number of nitrogens with one attached hydrogen (secondary N) is 1. The van der Waals surface area contributed by atoms with Gasteiger partial charge in [0.1, 0.15) is 0 Å². The van der Waals surface area contributed by atoms with Gasteiger partial charge in [0.25, 0.3) is 0 Å². The summed E-state index contributed by atoms with van der Waals surface area (Å²) in [5.41, 5.74) is 5.90. The molecule has 3 atom stereocenters. The van der Waals surface area contributed by atoms with E-state index in [1.807, 2.05) is 0 Å². The number of amides is 1. The molecule has 1 rings (SSSR count). The van der Waals surface area contributed by atoms with E-state index in [9.17, 15) is 4.79 Å². The molecule has 1 fully saturated rings. The van der Waals surface area contributed by atoms with Crippen molar-refractivity contribution in [3.05, 3.63) is 0 Å². The molecule has 3 nitrogen and oxygen atoms in total. The molecule has 0 bridgehead atoms. The molecule has 88 valence electrons. The lowest BCUT2D eigenvalue weighted by Crippen LogP contribution is -2.44. The van der Waals surface area contributed by atoms with E-state index in [1.54, 1.807) is 11.8 Å². The van der Waals surface area contributed by atoms with Crippen LogP contribution in [0.2, 0.25) is 0 Å². The third-order valence-electron chi connectivity index (χ3n) is 3.11. The van der Waals surface area contributed by atoms with E-state index in [0.29, 0.717) is 6.04 Å². The van der Waals surface area contributed by atoms with Crippen molar-refractivity contribution in [2.75, 3.05) is 12.0 Å². The third-order valence-corrected chi connectivity index (χ3v) is 3.85. The van der Waals surface area contributed by atoms with Crippen molar-refractivity contribution in [1.82, 2.24) is 5.32 Å². The molecule has 15 heavy (non-hydrogen) atoms. The molecule has 1 aliphatic carbocycles. The van der Waals surface area contributed by atoms with Crippen molar-refractivity contribution in [3.63, 3.8) is 0 Å². The molecule has 1 amide bonds. The molecule has 4 heteroatoms. The number of rotatable bonds is 5. The number of hydrogen-bond acceptors (Lipinski definition) is 3. The van der Waals surface area contributed by atoms with Gasteiger partial charge in [-0.05, 0) is 25.5 Å². The van der Waals surface area contributed by atoms with Gasteiger partial charge in [0.15, 0.2) is 0 Å². The molecule has 0 aromatic heterocycles. The number of carbonyl (C=O) groups is 1. The zero-order valence-electron chi connectivity index (χ0n) is 9.66. The predicted octanol–water partition coefficient (Wildman–Crippen LogP) is 1.37. The lowest BCUT2D eigenvalue weighted by atomic mass is 10.0. The van der Waals surface area contributed by atoms with E-state index < -0.39 is 0 Å². The largest absolute Gasteiger partial charge is 0.352 e. The maximum Gasteiger partial charge on any atom is 0.224 e. The third kappa shape index (κ3) is 3.68. The smallest absolute Gasteiger partial charge is 0.224 e. The van der Waals surface area contributed by atoms with Gasteiger partial charge in [0.05, 0.1) is 5.92 Å². The van der Waals surface area contributed by atoms with Crippen LogP contribution in [0, 0.1) is 5.92 Å². The van der Waals surface area contributed by atoms with Crippen LogP contribution in [0.5, 0.6) is 0 Å². The SMILES string of the molecule is CCC(CSC)NC(=O)C1CCCC1N. The van der Waals surface area contributed by atoms with Gasteiger partial charge in [-0.25, -0.2) is 0 Å². The molecule has 0 aromatic rings. The van der Waals surface area contributed by atoms with Crippen LogP contribution in [0.15, 0.2) is 0 Å². The summed E-state index contributed by atoms with van der Waals surface area (Å²) >= 11 is 1.77. The highest BCUT2D eigenvalue weighted by Gasteiger charge is 2.30. The topological polar surface area (TPSA) is 55.1 Å². The summed E-state index contributed by atoms with van der Waals surface area (Å²) in [6.45, 7) is 2.11. The highest BCUT2D eigenvalue weighted by atomic mass is 32.2. The van der Waals surface area contributed by atoms with Gasteiger partial charge >= 0.3 is 0 Å². The molecular formula is C11H22N2OS. The molecule has 3 unspecified atom stereocenters. The first-order valence-corrected chi connectivity index (χ1v) is 7.13. The first kappa shape index (κ1) is 12.8. The fourth-order valence-electron chi connectivity index (χ4n) is 2.09. The molecular weight excluding hydrogens is 208 g/mol. The highest BCUT2D eigenvalue weighted by molar-refractivity contribution is 7.98. The Bertz CT molecular complexity index is 211. The predicted molar refractivity (Wildman–Crippen MR) is 65.9 cm³/mol. The van der Waals surface area contributed by atoms with Crippen LogP contribution >= 0.6 is 11.8 Å². The van der Waals surface area contributed by atoms with E-state index in [4.69, 9.17) is 5.73 Å². The van der Waals surface area contributed by atoms with Gasteiger partial charge in [0, 0.05) is 17.8 Å². The Morgan fingerprint density at radius 1 is 1.60 bits per heavy atom. The number of thioether (sulfide) groups is 1. The maximum atomic E-state index is 11.9. The molecule has 0 aliphatic heterocycles. The minimum atomic E-state index is 0.0564. The lowest BCUT2D eigenvalue weighted by molar-refractivity contribution is -0.125. The quantitative estimate of drug-likeness (QED) is 0.750. The summed E-state index contributed by atoms with van der Waals surface area (Å²) in [6.07, 6.45) is 6.11. The number of nitrogens with two attached hydrogens (primary N) is 1. The summed E-state index contributed by atoms with van der Waals surface area (Å²) < 4.78 is 0. The molecule has 3 N–H and O–H groups in total. The summed E-state index contributed by atoms with van der Waals surface area (Å²) in [7, 11) is 0. The molecule has 1 aliphatic rings. The van der Waals surface area contributed by atoms with E-state index in [-0.39, 0.29) is 17.9 Å². The van der Waals surface area contributed by atoms with E-state index in [2.05, 4.69) is 18.5 Å². The fraction of sp³-hybridized carbons (Fsp3) is 0.909. The minimum absolute atomic E-state index is 0.0564. The van der Waals surface area contributed by atoms with Gasteiger partial charge < -0.3 is 11.1 Å². The zero-order chi connectivity index (χ0) is 11.3. The van der Waals surface area contributed by atoms with Crippen molar-refractivity contribution >= 4 is 17.7 Å². The maximum absolute atomic E-state index is 11.9. The van der Waals surface area contributed by atoms with Crippen molar-refractivity contribution in [2.45, 2.75) is 44.7 Å². The van der Waals surface area contributed by atoms with E-state index >= 15 is 0 Å². The molecule has 0 spiro atoms. The Balaban J connectivity index is 2.39. The number of carbonyl (C=O) groups excluding carboxylic acids is 1. The second-order valence-electron chi connectivity index (χ2n) is 4.27. The second-order valence-corrected chi connectivity index (χ2v) is 5.18. The standard InChI is InChI=1S/C11H22N2OS/c1-3-8(7-15-2)13-11(14)9-5-4-6-10(9)12/h8-10H,3-7,12H2,1-2H3,(H,13,14). The van der Waals surface area contributed by atoms with Gasteiger partial charge in [-0.15, -0.1) is 0 Å². The zero-order valence-corrected chi connectivity index (χ0v) is 10.5. The summed E-state index contributed by atoms with van der Waals surface area (Å²) in [4.78, 5) is 11.9.